The van der Waals surface area contributed by atoms with Gasteiger partial charge in [-0.2, -0.15) is 0 Å². The standard InChI is InChI=1S/C33H41N3O5S/c1-3-29(33(38)34-27-18-10-6-11-19-27)35(24-26-16-8-5-9-17-26)32(37)25-36(30-22-14-15-23-31(30)41-4-2)42(39,40)28-20-12-7-13-21-28/h5,7-9,12-17,20-23,27,29H,3-4,6,10-11,18-19,24-25H2,1-2H3,(H,34,38)/t29-/m1/s1. The van der Waals surface area contributed by atoms with Gasteiger partial charge in [-0.05, 0) is 56.0 Å². The van der Waals surface area contributed by atoms with Gasteiger partial charge in [-0.15, -0.1) is 0 Å². The summed E-state index contributed by atoms with van der Waals surface area (Å²) in [6.45, 7) is 3.68. The summed E-state index contributed by atoms with van der Waals surface area (Å²) in [4.78, 5) is 29.5. The first kappa shape index (κ1) is 31.1. The minimum Gasteiger partial charge on any atom is -0.492 e. The van der Waals surface area contributed by atoms with Gasteiger partial charge in [0.05, 0.1) is 17.2 Å². The monoisotopic (exact) mass is 591 g/mol. The molecule has 0 radical (unpaired) electrons. The summed E-state index contributed by atoms with van der Waals surface area (Å²) in [5.41, 5.74) is 1.11. The molecule has 1 fully saturated rings. The van der Waals surface area contributed by atoms with Crippen LogP contribution in [0.1, 0.15) is 57.9 Å². The number of nitrogens with one attached hydrogen (secondary N) is 1. The van der Waals surface area contributed by atoms with Gasteiger partial charge in [0.2, 0.25) is 11.8 Å². The van der Waals surface area contributed by atoms with Gasteiger partial charge in [0, 0.05) is 12.6 Å². The fourth-order valence-electron chi connectivity index (χ4n) is 5.42. The van der Waals surface area contributed by atoms with E-state index in [0.717, 1.165) is 42.0 Å². The highest BCUT2D eigenvalue weighted by molar-refractivity contribution is 7.92. The number of nitrogens with zero attached hydrogens (tertiary/aromatic N) is 2. The smallest absolute Gasteiger partial charge is 0.264 e. The Labute approximate surface area is 249 Å². The number of anilines is 1. The van der Waals surface area contributed by atoms with Gasteiger partial charge < -0.3 is 15.0 Å². The van der Waals surface area contributed by atoms with Gasteiger partial charge in [0.25, 0.3) is 10.0 Å². The third kappa shape index (κ3) is 7.70. The molecule has 0 aromatic heterocycles. The second kappa shape index (κ2) is 14.9. The Bertz CT molecular complexity index is 1410. The normalized spacial score (nSPS) is 14.5. The summed E-state index contributed by atoms with van der Waals surface area (Å²) in [6.07, 6.45) is 5.54. The highest BCUT2D eigenvalue weighted by Gasteiger charge is 2.35. The number of hydrogen-bond donors (Lipinski definition) is 1. The third-order valence-electron chi connectivity index (χ3n) is 7.58. The lowest BCUT2D eigenvalue weighted by Gasteiger charge is -2.34. The first-order valence-corrected chi connectivity index (χ1v) is 16.2. The molecular weight excluding hydrogens is 550 g/mol. The first-order chi connectivity index (χ1) is 20.3. The van der Waals surface area contributed by atoms with Crippen molar-refractivity contribution in [3.63, 3.8) is 0 Å². The van der Waals surface area contributed by atoms with E-state index in [0.29, 0.717) is 18.8 Å². The average molecular weight is 592 g/mol. The average Bonchev–Trinajstić information content (AvgIpc) is 3.01. The van der Waals surface area contributed by atoms with Crippen molar-refractivity contribution in [3.05, 3.63) is 90.5 Å². The Balaban J connectivity index is 1.72. The van der Waals surface area contributed by atoms with Crippen LogP contribution in [0.25, 0.3) is 0 Å². The van der Waals surface area contributed by atoms with Crippen LogP contribution in [0.3, 0.4) is 0 Å². The number of carbonyl (C=O) groups excluding carboxylic acids is 2. The Morgan fingerprint density at radius 3 is 2.14 bits per heavy atom. The molecule has 3 aromatic carbocycles. The van der Waals surface area contributed by atoms with Crippen LogP contribution in [0.2, 0.25) is 0 Å². The highest BCUT2D eigenvalue weighted by Crippen LogP contribution is 2.33. The molecule has 1 aliphatic rings. The molecule has 0 bridgehead atoms. The van der Waals surface area contributed by atoms with Crippen LogP contribution in [0.15, 0.2) is 89.8 Å². The molecule has 0 spiro atoms. The molecule has 3 aromatic rings. The van der Waals surface area contributed by atoms with Gasteiger partial charge in [0.15, 0.2) is 0 Å². The van der Waals surface area contributed by atoms with Gasteiger partial charge in [-0.25, -0.2) is 8.42 Å². The number of carbonyl (C=O) groups is 2. The van der Waals surface area contributed by atoms with Crippen LogP contribution in [0.5, 0.6) is 5.75 Å². The van der Waals surface area contributed by atoms with E-state index in [1.54, 1.807) is 42.5 Å². The van der Waals surface area contributed by atoms with E-state index in [4.69, 9.17) is 4.74 Å². The number of sulfonamides is 1. The predicted molar refractivity (Wildman–Crippen MR) is 165 cm³/mol. The Morgan fingerprint density at radius 2 is 1.50 bits per heavy atom. The largest absolute Gasteiger partial charge is 0.492 e. The van der Waals surface area contributed by atoms with Crippen molar-refractivity contribution in [2.45, 2.75) is 75.9 Å². The van der Waals surface area contributed by atoms with Crippen molar-refractivity contribution < 1.29 is 22.7 Å². The van der Waals surface area contributed by atoms with Crippen LogP contribution in [0.4, 0.5) is 5.69 Å². The second-order valence-electron chi connectivity index (χ2n) is 10.5. The van der Waals surface area contributed by atoms with Crippen LogP contribution >= 0.6 is 0 Å². The van der Waals surface area contributed by atoms with Crippen LogP contribution < -0.4 is 14.4 Å². The molecule has 1 aliphatic carbocycles. The molecule has 1 saturated carbocycles. The number of amides is 2. The lowest BCUT2D eigenvalue weighted by Crippen LogP contribution is -2.54. The number of para-hydroxylation sites is 2. The van der Waals surface area contributed by atoms with E-state index >= 15 is 0 Å². The maximum Gasteiger partial charge on any atom is 0.264 e. The number of benzene rings is 3. The van der Waals surface area contributed by atoms with Crippen LogP contribution in [-0.4, -0.2) is 50.4 Å². The predicted octanol–water partition coefficient (Wildman–Crippen LogP) is 5.54. The van der Waals surface area contributed by atoms with Gasteiger partial charge in [-0.1, -0.05) is 86.8 Å². The molecule has 0 heterocycles. The molecule has 1 atom stereocenters. The lowest BCUT2D eigenvalue weighted by molar-refractivity contribution is -0.140. The molecule has 0 aliphatic heterocycles. The molecule has 4 rings (SSSR count). The van der Waals surface area contributed by atoms with Crippen LogP contribution in [0, 0.1) is 0 Å². The van der Waals surface area contributed by atoms with E-state index in [2.05, 4.69) is 5.32 Å². The molecule has 224 valence electrons. The molecule has 9 heteroatoms. The fourth-order valence-corrected chi connectivity index (χ4v) is 6.86. The van der Waals surface area contributed by atoms with Gasteiger partial charge >= 0.3 is 0 Å². The van der Waals surface area contributed by atoms with Crippen molar-refractivity contribution in [2.75, 3.05) is 17.5 Å². The number of rotatable bonds is 13. The lowest BCUT2D eigenvalue weighted by atomic mass is 9.95. The molecule has 8 nitrogen and oxygen atoms in total. The molecular formula is C33H41N3O5S. The molecule has 0 unspecified atom stereocenters. The quantitative estimate of drug-likeness (QED) is 0.282. The zero-order valence-corrected chi connectivity index (χ0v) is 25.3. The zero-order valence-electron chi connectivity index (χ0n) is 24.4. The second-order valence-corrected chi connectivity index (χ2v) is 12.4. The maximum absolute atomic E-state index is 14.3. The molecule has 2 amide bonds. The van der Waals surface area contributed by atoms with Crippen molar-refractivity contribution in [1.29, 1.82) is 0 Å². The first-order valence-electron chi connectivity index (χ1n) is 14.8. The fraction of sp³-hybridized carbons (Fsp3) is 0.394. The SMILES string of the molecule is CCOc1ccccc1N(CC(=O)N(Cc1ccccc1)[C@H](CC)C(=O)NC1CCCCC1)S(=O)(=O)c1ccccc1. The van der Waals surface area contributed by atoms with E-state index in [1.807, 2.05) is 44.2 Å². The van der Waals surface area contributed by atoms with Gasteiger partial charge in [0.1, 0.15) is 18.3 Å². The van der Waals surface area contributed by atoms with E-state index in [9.17, 15) is 18.0 Å². The highest BCUT2D eigenvalue weighted by atomic mass is 32.2. The summed E-state index contributed by atoms with van der Waals surface area (Å²) in [5, 5.41) is 3.17. The van der Waals surface area contributed by atoms with Crippen molar-refractivity contribution in [2.24, 2.45) is 0 Å². The van der Waals surface area contributed by atoms with Crippen molar-refractivity contribution >= 4 is 27.5 Å². The summed E-state index contributed by atoms with van der Waals surface area (Å²) in [6, 6.07) is 23.6. The van der Waals surface area contributed by atoms with E-state index < -0.39 is 28.5 Å². The van der Waals surface area contributed by atoms with Crippen LogP contribution in [-0.2, 0) is 26.2 Å². The minimum absolute atomic E-state index is 0.0563. The Morgan fingerprint density at radius 1 is 0.881 bits per heavy atom. The van der Waals surface area contributed by atoms with E-state index in [-0.39, 0.29) is 29.1 Å². The Hall–Kier alpha value is -3.85. The molecule has 0 saturated heterocycles. The summed E-state index contributed by atoms with van der Waals surface area (Å²) < 4.78 is 35.0. The number of hydrogen-bond acceptors (Lipinski definition) is 5. The van der Waals surface area contributed by atoms with Crippen molar-refractivity contribution in [1.82, 2.24) is 10.2 Å². The summed E-state index contributed by atoms with van der Waals surface area (Å²) in [7, 11) is -4.17. The maximum atomic E-state index is 14.3. The minimum atomic E-state index is -4.17. The van der Waals surface area contributed by atoms with E-state index in [1.165, 1.54) is 17.0 Å². The van der Waals surface area contributed by atoms with Gasteiger partial charge in [-0.3, -0.25) is 13.9 Å². The third-order valence-corrected chi connectivity index (χ3v) is 9.35. The summed E-state index contributed by atoms with van der Waals surface area (Å²) >= 11 is 0. The van der Waals surface area contributed by atoms with Crippen molar-refractivity contribution in [3.8, 4) is 5.75 Å². The molecule has 42 heavy (non-hydrogen) atoms. The molecule has 1 N–H and O–H groups in total. The summed E-state index contributed by atoms with van der Waals surface area (Å²) in [5.74, 6) is -0.333. The Kier molecular flexibility index (Phi) is 11.0. The zero-order chi connectivity index (χ0) is 30.0. The topological polar surface area (TPSA) is 96.0 Å². The number of ether oxygens (including phenoxy) is 1.